The molecule has 9 nitrogen and oxygen atoms in total. The number of ether oxygens (including phenoxy) is 2. The molecule has 2 aromatic rings. The van der Waals surface area contributed by atoms with Gasteiger partial charge in [-0.1, -0.05) is 37.6 Å². The number of carbonyl (C=O) groups is 2. The summed E-state index contributed by atoms with van der Waals surface area (Å²) in [5.74, 6) is -0.195. The van der Waals surface area contributed by atoms with Gasteiger partial charge in [0.15, 0.2) is 0 Å². The van der Waals surface area contributed by atoms with E-state index in [0.717, 1.165) is 22.5 Å². The number of halogens is 1. The van der Waals surface area contributed by atoms with Gasteiger partial charge in [-0.2, -0.15) is 0 Å². The van der Waals surface area contributed by atoms with Gasteiger partial charge in [0.05, 0.1) is 26.2 Å². The van der Waals surface area contributed by atoms with Crippen LogP contribution in [-0.2, 0) is 26.2 Å². The molecule has 204 valence electrons. The molecular formula is C26H36ClN3O6S. The Bertz CT molecular complexity index is 1170. The summed E-state index contributed by atoms with van der Waals surface area (Å²) < 4.78 is 37.3. The fourth-order valence-electron chi connectivity index (χ4n) is 3.73. The van der Waals surface area contributed by atoms with Crippen LogP contribution in [0, 0.1) is 0 Å². The topological polar surface area (TPSA) is 105 Å². The van der Waals surface area contributed by atoms with Crippen molar-refractivity contribution < 1.29 is 27.5 Å². The number of sulfonamides is 1. The Hall–Kier alpha value is -2.98. The second-order valence-corrected chi connectivity index (χ2v) is 11.0. The molecule has 2 rings (SSSR count). The summed E-state index contributed by atoms with van der Waals surface area (Å²) in [4.78, 5) is 28.4. The van der Waals surface area contributed by atoms with E-state index < -0.39 is 28.5 Å². The summed E-state index contributed by atoms with van der Waals surface area (Å²) in [6, 6.07) is 10.7. The van der Waals surface area contributed by atoms with Gasteiger partial charge in [-0.3, -0.25) is 13.9 Å². The van der Waals surface area contributed by atoms with Crippen LogP contribution < -0.4 is 19.1 Å². The lowest BCUT2D eigenvalue weighted by Crippen LogP contribution is -2.53. The Kier molecular flexibility index (Phi) is 11.1. The van der Waals surface area contributed by atoms with E-state index >= 15 is 0 Å². The smallest absolute Gasteiger partial charge is 0.244 e. The van der Waals surface area contributed by atoms with Crippen LogP contribution in [0.4, 0.5) is 5.69 Å². The van der Waals surface area contributed by atoms with E-state index in [1.807, 2.05) is 20.8 Å². The van der Waals surface area contributed by atoms with Crippen LogP contribution in [0.25, 0.3) is 0 Å². The average Bonchev–Trinajstić information content (AvgIpc) is 2.86. The lowest BCUT2D eigenvalue weighted by atomic mass is 10.1. The largest absolute Gasteiger partial charge is 0.497 e. The first-order chi connectivity index (χ1) is 17.4. The van der Waals surface area contributed by atoms with Crippen LogP contribution >= 0.6 is 11.6 Å². The SMILES string of the molecule is CCC(C)NC(=O)C(CC)N(Cc1ccc(Cl)cc1)C(=O)CN(c1cc(OC)ccc1OC)S(C)(=O)=O. The van der Waals surface area contributed by atoms with Crippen molar-refractivity contribution in [3.05, 3.63) is 53.1 Å². The molecule has 37 heavy (non-hydrogen) atoms. The zero-order chi connectivity index (χ0) is 27.8. The Morgan fingerprint density at radius 1 is 1.03 bits per heavy atom. The summed E-state index contributed by atoms with van der Waals surface area (Å²) in [6.07, 6.45) is 2.07. The Morgan fingerprint density at radius 2 is 1.68 bits per heavy atom. The molecule has 11 heteroatoms. The average molecular weight is 554 g/mol. The first-order valence-corrected chi connectivity index (χ1v) is 14.2. The van der Waals surface area contributed by atoms with Crippen LogP contribution in [0.5, 0.6) is 11.5 Å². The fourth-order valence-corrected chi connectivity index (χ4v) is 4.70. The summed E-state index contributed by atoms with van der Waals surface area (Å²) in [5.41, 5.74) is 0.902. The second-order valence-electron chi connectivity index (χ2n) is 8.70. The molecule has 0 saturated carbocycles. The van der Waals surface area contributed by atoms with E-state index in [-0.39, 0.29) is 29.9 Å². The molecule has 0 spiro atoms. The number of hydrogen-bond acceptors (Lipinski definition) is 6. The summed E-state index contributed by atoms with van der Waals surface area (Å²) in [6.45, 7) is 5.20. The monoisotopic (exact) mass is 553 g/mol. The first kappa shape index (κ1) is 30.2. The molecule has 0 radical (unpaired) electrons. The molecule has 0 aliphatic carbocycles. The molecule has 0 aliphatic rings. The molecule has 1 N–H and O–H groups in total. The molecule has 0 bridgehead atoms. The van der Waals surface area contributed by atoms with E-state index in [1.165, 1.54) is 25.2 Å². The van der Waals surface area contributed by atoms with E-state index in [9.17, 15) is 18.0 Å². The van der Waals surface area contributed by atoms with Gasteiger partial charge in [-0.15, -0.1) is 0 Å². The molecule has 0 saturated heterocycles. The van der Waals surface area contributed by atoms with Gasteiger partial charge < -0.3 is 19.7 Å². The molecule has 2 amide bonds. The predicted octanol–water partition coefficient (Wildman–Crippen LogP) is 3.85. The second kappa shape index (κ2) is 13.5. The van der Waals surface area contributed by atoms with Crippen LogP contribution in [-0.4, -0.2) is 64.2 Å². The van der Waals surface area contributed by atoms with E-state index in [0.29, 0.717) is 17.2 Å². The number of nitrogens with zero attached hydrogens (tertiary/aromatic N) is 2. The molecule has 0 aliphatic heterocycles. The Balaban J connectivity index is 2.52. The van der Waals surface area contributed by atoms with Gasteiger partial charge in [0.1, 0.15) is 24.1 Å². The predicted molar refractivity (Wildman–Crippen MR) is 146 cm³/mol. The molecule has 0 fully saturated rings. The lowest BCUT2D eigenvalue weighted by Gasteiger charge is -2.33. The zero-order valence-corrected chi connectivity index (χ0v) is 23.7. The lowest BCUT2D eigenvalue weighted by molar-refractivity contribution is -0.140. The highest BCUT2D eigenvalue weighted by atomic mass is 35.5. The number of amides is 2. The number of rotatable bonds is 13. The minimum Gasteiger partial charge on any atom is -0.497 e. The molecular weight excluding hydrogens is 518 g/mol. The van der Waals surface area contributed by atoms with Crippen molar-refractivity contribution in [3.63, 3.8) is 0 Å². The van der Waals surface area contributed by atoms with E-state index in [1.54, 1.807) is 36.4 Å². The highest BCUT2D eigenvalue weighted by molar-refractivity contribution is 7.92. The van der Waals surface area contributed by atoms with E-state index in [2.05, 4.69) is 5.32 Å². The van der Waals surface area contributed by atoms with Crippen LogP contribution in [0.1, 0.15) is 39.2 Å². The van der Waals surface area contributed by atoms with Gasteiger partial charge in [-0.25, -0.2) is 8.42 Å². The number of hydrogen-bond donors (Lipinski definition) is 1. The summed E-state index contributed by atoms with van der Waals surface area (Å²) >= 11 is 6.02. The van der Waals surface area contributed by atoms with Gasteiger partial charge in [0.25, 0.3) is 0 Å². The highest BCUT2D eigenvalue weighted by Gasteiger charge is 2.33. The number of benzene rings is 2. The minimum atomic E-state index is -3.93. The zero-order valence-electron chi connectivity index (χ0n) is 22.2. The van der Waals surface area contributed by atoms with Gasteiger partial charge in [0.2, 0.25) is 21.8 Å². The van der Waals surface area contributed by atoms with Crippen molar-refractivity contribution in [1.29, 1.82) is 0 Å². The standard InChI is InChI=1S/C26H36ClN3O6S/c1-7-18(3)28-26(32)22(8-2)29(16-19-9-11-20(27)12-10-19)25(31)17-30(37(6,33)34)23-15-21(35-4)13-14-24(23)36-5/h9-15,18,22H,7-8,16-17H2,1-6H3,(H,28,32). The van der Waals surface area contributed by atoms with Crippen LogP contribution in [0.2, 0.25) is 5.02 Å². The van der Waals surface area contributed by atoms with Gasteiger partial charge in [0, 0.05) is 23.7 Å². The summed E-state index contributed by atoms with van der Waals surface area (Å²) in [5, 5.41) is 3.48. The number of methoxy groups -OCH3 is 2. The Labute approximate surface area is 224 Å². The van der Waals surface area contributed by atoms with Gasteiger partial charge in [-0.05, 0) is 49.6 Å². The number of carbonyl (C=O) groups excluding carboxylic acids is 2. The van der Waals surface area contributed by atoms with Crippen molar-refractivity contribution in [2.24, 2.45) is 0 Å². The molecule has 0 heterocycles. The maximum atomic E-state index is 13.8. The van der Waals surface area contributed by atoms with Crippen LogP contribution in [0.3, 0.4) is 0 Å². The third kappa shape index (κ3) is 8.26. The quantitative estimate of drug-likeness (QED) is 0.404. The van der Waals surface area contributed by atoms with Crippen molar-refractivity contribution in [1.82, 2.24) is 10.2 Å². The fraction of sp³-hybridized carbons (Fsp3) is 0.462. The third-order valence-electron chi connectivity index (χ3n) is 5.99. The minimum absolute atomic E-state index is 0.0809. The number of anilines is 1. The maximum absolute atomic E-state index is 13.8. The maximum Gasteiger partial charge on any atom is 0.244 e. The number of nitrogens with one attached hydrogen (secondary N) is 1. The van der Waals surface area contributed by atoms with Crippen molar-refractivity contribution in [3.8, 4) is 11.5 Å². The molecule has 0 aromatic heterocycles. The molecule has 2 unspecified atom stereocenters. The highest BCUT2D eigenvalue weighted by Crippen LogP contribution is 2.34. The Morgan fingerprint density at radius 3 is 2.19 bits per heavy atom. The van der Waals surface area contributed by atoms with Crippen molar-refractivity contribution in [2.45, 2.75) is 52.2 Å². The first-order valence-electron chi connectivity index (χ1n) is 12.0. The van der Waals surface area contributed by atoms with Crippen molar-refractivity contribution >= 4 is 39.1 Å². The molecule has 2 atom stereocenters. The van der Waals surface area contributed by atoms with Crippen LogP contribution in [0.15, 0.2) is 42.5 Å². The summed E-state index contributed by atoms with van der Waals surface area (Å²) in [7, 11) is -1.06. The molecule has 2 aromatic carbocycles. The van der Waals surface area contributed by atoms with Crippen molar-refractivity contribution in [2.75, 3.05) is 31.3 Å². The van der Waals surface area contributed by atoms with Gasteiger partial charge >= 0.3 is 0 Å². The third-order valence-corrected chi connectivity index (χ3v) is 7.37. The normalized spacial score (nSPS) is 12.8. The van der Waals surface area contributed by atoms with E-state index in [4.69, 9.17) is 21.1 Å².